The Balaban J connectivity index is 1.25. The van der Waals surface area contributed by atoms with Gasteiger partial charge < -0.3 is 15.8 Å². The van der Waals surface area contributed by atoms with Gasteiger partial charge in [-0.2, -0.15) is 10.2 Å². The van der Waals surface area contributed by atoms with E-state index in [1.807, 2.05) is 47.4 Å². The van der Waals surface area contributed by atoms with Gasteiger partial charge in [0, 0.05) is 29.4 Å². The lowest BCUT2D eigenvalue weighted by Crippen LogP contribution is -2.31. The zero-order valence-electron chi connectivity index (χ0n) is 19.1. The number of fused-ring (bicyclic) bond motifs is 2. The molecule has 178 valence electrons. The van der Waals surface area contributed by atoms with Crippen molar-refractivity contribution >= 4 is 27.9 Å². The van der Waals surface area contributed by atoms with Crippen LogP contribution in [0.3, 0.4) is 0 Å². The number of hydrogen-bond donors (Lipinski definition) is 2. The SMILES string of the molecule is NC1CCC(Oc2ccn3ncnc(Nc4ccc5c(cnn5Cc5cccc(F)c5)c4)c23)CC1. The molecule has 3 heterocycles. The van der Waals surface area contributed by atoms with Gasteiger partial charge in [-0.05, 0) is 61.6 Å². The normalized spacial score (nSPS) is 18.2. The second-order valence-electron chi connectivity index (χ2n) is 9.07. The molecule has 35 heavy (non-hydrogen) atoms. The molecule has 0 radical (unpaired) electrons. The van der Waals surface area contributed by atoms with Gasteiger partial charge in [0.1, 0.15) is 17.7 Å². The van der Waals surface area contributed by atoms with Crippen LogP contribution in [-0.2, 0) is 6.54 Å². The van der Waals surface area contributed by atoms with Gasteiger partial charge in [-0.1, -0.05) is 12.1 Å². The summed E-state index contributed by atoms with van der Waals surface area (Å²) in [7, 11) is 0. The molecule has 1 aliphatic carbocycles. The van der Waals surface area contributed by atoms with Crippen molar-refractivity contribution in [2.75, 3.05) is 5.32 Å². The summed E-state index contributed by atoms with van der Waals surface area (Å²) < 4.78 is 23.5. The number of benzene rings is 2. The number of hydrogen-bond acceptors (Lipinski definition) is 6. The van der Waals surface area contributed by atoms with Crippen molar-refractivity contribution in [2.24, 2.45) is 5.73 Å². The highest BCUT2D eigenvalue weighted by Crippen LogP contribution is 2.32. The molecule has 1 aliphatic rings. The van der Waals surface area contributed by atoms with E-state index in [0.717, 1.165) is 59.1 Å². The van der Waals surface area contributed by atoms with Crippen molar-refractivity contribution in [1.82, 2.24) is 24.4 Å². The number of anilines is 2. The first-order chi connectivity index (χ1) is 17.1. The Morgan fingerprint density at radius 1 is 1.06 bits per heavy atom. The maximum Gasteiger partial charge on any atom is 0.162 e. The number of nitrogens with one attached hydrogen (secondary N) is 1. The quantitative estimate of drug-likeness (QED) is 0.374. The molecule has 8 nitrogen and oxygen atoms in total. The highest BCUT2D eigenvalue weighted by Gasteiger charge is 2.22. The van der Waals surface area contributed by atoms with Gasteiger partial charge in [-0.3, -0.25) is 4.68 Å². The first kappa shape index (κ1) is 21.5. The summed E-state index contributed by atoms with van der Waals surface area (Å²) in [5.74, 6) is 1.18. The second-order valence-corrected chi connectivity index (χ2v) is 9.07. The van der Waals surface area contributed by atoms with Crippen LogP contribution in [0.1, 0.15) is 31.2 Å². The van der Waals surface area contributed by atoms with E-state index in [1.165, 1.54) is 18.5 Å². The Bertz CT molecular complexity index is 1490. The minimum absolute atomic E-state index is 0.148. The van der Waals surface area contributed by atoms with E-state index >= 15 is 0 Å². The molecular weight excluding hydrogens is 445 g/mol. The zero-order valence-corrected chi connectivity index (χ0v) is 19.1. The van der Waals surface area contributed by atoms with Crippen LogP contribution in [0.25, 0.3) is 16.4 Å². The highest BCUT2D eigenvalue weighted by molar-refractivity contribution is 5.86. The predicted molar refractivity (Wildman–Crippen MR) is 132 cm³/mol. The first-order valence-electron chi connectivity index (χ1n) is 11.8. The van der Waals surface area contributed by atoms with Crippen LogP contribution in [0.4, 0.5) is 15.9 Å². The van der Waals surface area contributed by atoms with Gasteiger partial charge in [0.15, 0.2) is 11.6 Å². The van der Waals surface area contributed by atoms with Crippen molar-refractivity contribution < 1.29 is 9.13 Å². The molecule has 0 amide bonds. The van der Waals surface area contributed by atoms with Crippen LogP contribution < -0.4 is 15.8 Å². The fourth-order valence-electron chi connectivity index (χ4n) is 4.73. The maximum absolute atomic E-state index is 13.6. The van der Waals surface area contributed by atoms with E-state index in [-0.39, 0.29) is 18.0 Å². The minimum atomic E-state index is -0.248. The standard InChI is InChI=1S/C26H26FN7O/c27-19-3-1-2-17(12-19)15-34-23-9-6-21(13-18(23)14-30-34)32-26-25-24(10-11-33(25)31-16-29-26)35-22-7-4-20(28)5-8-22/h1-3,6,9-14,16,20,22H,4-5,7-8,15,28H2,(H,29,31,32). The fraction of sp³-hybridized carbons (Fsp3) is 0.269. The van der Waals surface area contributed by atoms with Crippen LogP contribution >= 0.6 is 0 Å². The van der Waals surface area contributed by atoms with Crippen molar-refractivity contribution in [3.8, 4) is 5.75 Å². The van der Waals surface area contributed by atoms with E-state index in [2.05, 4.69) is 20.5 Å². The molecule has 0 spiro atoms. The molecular formula is C26H26FN7O. The van der Waals surface area contributed by atoms with Crippen molar-refractivity contribution in [2.45, 2.75) is 44.4 Å². The maximum atomic E-state index is 13.6. The van der Waals surface area contributed by atoms with E-state index in [4.69, 9.17) is 10.5 Å². The molecule has 1 saturated carbocycles. The number of halogens is 1. The number of ether oxygens (including phenoxy) is 1. The smallest absolute Gasteiger partial charge is 0.162 e. The Morgan fingerprint density at radius 2 is 1.94 bits per heavy atom. The van der Waals surface area contributed by atoms with E-state index in [1.54, 1.807) is 10.6 Å². The summed E-state index contributed by atoms with van der Waals surface area (Å²) in [6, 6.07) is 14.8. The molecule has 0 aliphatic heterocycles. The largest absolute Gasteiger partial charge is 0.488 e. The van der Waals surface area contributed by atoms with Crippen molar-refractivity contribution in [3.05, 3.63) is 78.6 Å². The van der Waals surface area contributed by atoms with Gasteiger partial charge in [-0.25, -0.2) is 13.9 Å². The zero-order chi connectivity index (χ0) is 23.8. The molecule has 9 heteroatoms. The molecule has 1 fully saturated rings. The van der Waals surface area contributed by atoms with E-state index in [0.29, 0.717) is 12.4 Å². The first-order valence-corrected chi connectivity index (χ1v) is 11.8. The van der Waals surface area contributed by atoms with Gasteiger partial charge in [-0.15, -0.1) is 0 Å². The third-order valence-corrected chi connectivity index (χ3v) is 6.56. The summed E-state index contributed by atoms with van der Waals surface area (Å²) >= 11 is 0. The van der Waals surface area contributed by atoms with Gasteiger partial charge in [0.2, 0.25) is 0 Å². The molecule has 0 unspecified atom stereocenters. The molecule has 3 aromatic heterocycles. The Kier molecular flexibility index (Phi) is 5.54. The van der Waals surface area contributed by atoms with Crippen molar-refractivity contribution in [1.29, 1.82) is 0 Å². The number of nitrogens with zero attached hydrogens (tertiary/aromatic N) is 5. The average Bonchev–Trinajstić information content (AvgIpc) is 3.45. The third-order valence-electron chi connectivity index (χ3n) is 6.56. The summed E-state index contributed by atoms with van der Waals surface area (Å²) in [4.78, 5) is 4.49. The average molecular weight is 472 g/mol. The molecule has 0 saturated heterocycles. The van der Waals surface area contributed by atoms with E-state index < -0.39 is 0 Å². The molecule has 0 bridgehead atoms. The Labute approximate surface area is 201 Å². The molecule has 5 aromatic rings. The summed E-state index contributed by atoms with van der Waals surface area (Å²) in [5.41, 5.74) is 9.55. The van der Waals surface area contributed by atoms with Gasteiger partial charge >= 0.3 is 0 Å². The van der Waals surface area contributed by atoms with Crippen LogP contribution in [0, 0.1) is 5.82 Å². The second kappa shape index (κ2) is 8.99. The monoisotopic (exact) mass is 471 g/mol. The number of rotatable bonds is 6. The summed E-state index contributed by atoms with van der Waals surface area (Å²) in [6.07, 6.45) is 9.22. The predicted octanol–water partition coefficient (Wildman–Crippen LogP) is 4.66. The Hall–Kier alpha value is -3.98. The molecule has 6 rings (SSSR count). The van der Waals surface area contributed by atoms with Gasteiger partial charge in [0.25, 0.3) is 0 Å². The van der Waals surface area contributed by atoms with E-state index in [9.17, 15) is 4.39 Å². The summed E-state index contributed by atoms with van der Waals surface area (Å²) in [6.45, 7) is 0.498. The molecule has 2 aromatic carbocycles. The van der Waals surface area contributed by atoms with Crippen LogP contribution in [0.5, 0.6) is 5.75 Å². The summed E-state index contributed by atoms with van der Waals surface area (Å²) in [5, 5.41) is 13.2. The van der Waals surface area contributed by atoms with Crippen LogP contribution in [0.15, 0.2) is 67.3 Å². The molecule has 3 N–H and O–H groups in total. The van der Waals surface area contributed by atoms with Crippen LogP contribution in [0.2, 0.25) is 0 Å². The van der Waals surface area contributed by atoms with Gasteiger partial charge in [0.05, 0.1) is 24.4 Å². The Morgan fingerprint density at radius 3 is 2.80 bits per heavy atom. The third kappa shape index (κ3) is 4.42. The molecule has 0 atom stereocenters. The number of aromatic nitrogens is 5. The lowest BCUT2D eigenvalue weighted by atomic mass is 9.94. The lowest BCUT2D eigenvalue weighted by molar-refractivity contribution is 0.149. The van der Waals surface area contributed by atoms with Crippen LogP contribution in [-0.4, -0.2) is 36.5 Å². The minimum Gasteiger partial charge on any atom is -0.488 e. The highest BCUT2D eigenvalue weighted by atomic mass is 19.1. The van der Waals surface area contributed by atoms with Crippen molar-refractivity contribution in [3.63, 3.8) is 0 Å². The fourth-order valence-corrected chi connectivity index (χ4v) is 4.73. The lowest BCUT2D eigenvalue weighted by Gasteiger charge is -2.26. The number of nitrogens with two attached hydrogens (primary N) is 1. The topological polar surface area (TPSA) is 95.3 Å².